The summed E-state index contributed by atoms with van der Waals surface area (Å²) in [6.07, 6.45) is -3.16. The fourth-order valence-corrected chi connectivity index (χ4v) is 8.04. The number of hydrogen-bond donors (Lipinski definition) is 4. The molecule has 0 aromatic rings. The van der Waals surface area contributed by atoms with Crippen molar-refractivity contribution in [3.8, 4) is 0 Å². The lowest BCUT2D eigenvalue weighted by atomic mass is 9.70. The molecule has 5 rings (SSSR count). The molecular weight excluding hydrogens is 732 g/mol. The van der Waals surface area contributed by atoms with E-state index in [4.69, 9.17) is 33.2 Å². The number of esters is 4. The highest BCUT2D eigenvalue weighted by atomic mass is 16.7. The van der Waals surface area contributed by atoms with Crippen LogP contribution in [-0.2, 0) is 52.3 Å². The third kappa shape index (κ3) is 9.57. The average molecular weight is 793 g/mol. The first-order valence-corrected chi connectivity index (χ1v) is 19.4. The van der Waals surface area contributed by atoms with Crippen molar-refractivity contribution in [1.29, 1.82) is 0 Å². The SMILES string of the molecule is COC(=O)C=C1C[C@H]2C[C@]3(O)O[C@H](C[C@@H](O)CC(=O)O[C@@H]([C@H](C)O)C[C@H]4O[C@](O)(CC5=CC(=O)O[C@@H]54)C(C)(C)/C=C/[C@@H](C1)O2)C[C@H](OC(=O)C(C)(C)C)C3(C)C. The van der Waals surface area contributed by atoms with Crippen molar-refractivity contribution >= 4 is 23.9 Å². The lowest BCUT2D eigenvalue weighted by Gasteiger charge is -2.54. The number of carbonyl (C=O) groups is 4. The minimum atomic E-state index is -2.01. The number of methoxy groups -OCH3 is 1. The Labute approximate surface area is 328 Å². The van der Waals surface area contributed by atoms with E-state index in [0.717, 1.165) is 0 Å². The number of hydrogen-bond acceptors (Lipinski definition) is 15. The molecule has 15 nitrogen and oxygen atoms in total. The zero-order chi connectivity index (χ0) is 41.6. The molecule has 6 bridgehead atoms. The summed E-state index contributed by atoms with van der Waals surface area (Å²) in [5.41, 5.74) is -2.08. The second kappa shape index (κ2) is 16.2. The van der Waals surface area contributed by atoms with E-state index in [1.807, 2.05) is 0 Å². The van der Waals surface area contributed by atoms with Gasteiger partial charge in [-0.1, -0.05) is 45.4 Å². The fourth-order valence-electron chi connectivity index (χ4n) is 8.04. The van der Waals surface area contributed by atoms with Crippen LogP contribution in [0.15, 0.2) is 35.5 Å². The molecule has 4 N–H and O–H groups in total. The van der Waals surface area contributed by atoms with Crippen LogP contribution in [0.5, 0.6) is 0 Å². The van der Waals surface area contributed by atoms with Crippen LogP contribution in [0.25, 0.3) is 0 Å². The van der Waals surface area contributed by atoms with Gasteiger partial charge in [-0.15, -0.1) is 0 Å². The Bertz CT molecular complexity index is 1600. The second-order valence-electron chi connectivity index (χ2n) is 18.2. The topological polar surface area (TPSA) is 214 Å². The van der Waals surface area contributed by atoms with E-state index in [9.17, 15) is 39.6 Å². The van der Waals surface area contributed by atoms with E-state index in [1.54, 1.807) is 60.6 Å². The Morgan fingerprint density at radius 1 is 0.964 bits per heavy atom. The number of aliphatic hydroxyl groups excluding tert-OH is 2. The lowest BCUT2D eigenvalue weighted by molar-refractivity contribution is -0.349. The minimum absolute atomic E-state index is 0.0915. The minimum Gasteiger partial charge on any atom is -0.466 e. The van der Waals surface area contributed by atoms with Crippen molar-refractivity contribution in [2.75, 3.05) is 7.11 Å². The summed E-state index contributed by atoms with van der Waals surface area (Å²) in [6, 6.07) is 0. The predicted octanol–water partition coefficient (Wildman–Crippen LogP) is 3.23. The summed E-state index contributed by atoms with van der Waals surface area (Å²) >= 11 is 0. The normalized spacial score (nSPS) is 39.5. The Balaban J connectivity index is 1.57. The summed E-state index contributed by atoms with van der Waals surface area (Å²) in [7, 11) is 1.27. The monoisotopic (exact) mass is 792 g/mol. The Kier molecular flexibility index (Phi) is 12.7. The molecule has 3 fully saturated rings. The number of cyclic esters (lactones) is 1. The molecule has 5 heterocycles. The molecule has 0 saturated carbocycles. The van der Waals surface area contributed by atoms with E-state index in [2.05, 4.69) is 0 Å². The molecule has 0 aromatic heterocycles. The maximum absolute atomic E-state index is 13.3. The second-order valence-corrected chi connectivity index (χ2v) is 18.2. The van der Waals surface area contributed by atoms with Gasteiger partial charge in [0.2, 0.25) is 0 Å². The standard InChI is InChI=1S/C41H60O15/c1-22(42)29-19-30-35-24(15-33(45)54-35)20-40(48,56-30)38(5,6)11-10-26-12-23(14-32(44)50-9)13-28(51-26)21-41(49)39(7,8)31(53-36(47)37(2,3)4)18-27(55-41)16-25(43)17-34(46)52-29/h10-11,14-15,22,25-31,35,42-43,48-49H,12-13,16-21H2,1-9H3/b11-10+,23-14?/t22-,25+,26-,27+,28-,29+,30+,31-,35-,40+,41-/m0/s1. The van der Waals surface area contributed by atoms with Crippen LogP contribution < -0.4 is 0 Å². The van der Waals surface area contributed by atoms with E-state index in [1.165, 1.54) is 26.2 Å². The summed E-state index contributed by atoms with van der Waals surface area (Å²) in [6.45, 7) is 13.5. The number of ether oxygens (including phenoxy) is 7. The summed E-state index contributed by atoms with van der Waals surface area (Å²) in [5, 5.41) is 46.7. The number of fused-ring (bicyclic) bond motifs is 8. The quantitative estimate of drug-likeness (QED) is 0.140. The van der Waals surface area contributed by atoms with Crippen molar-refractivity contribution in [3.63, 3.8) is 0 Å². The maximum atomic E-state index is 13.3. The molecule has 5 aliphatic heterocycles. The third-order valence-corrected chi connectivity index (χ3v) is 11.9. The smallest absolute Gasteiger partial charge is 0.331 e. The van der Waals surface area contributed by atoms with Gasteiger partial charge in [-0.2, -0.15) is 0 Å². The summed E-state index contributed by atoms with van der Waals surface area (Å²) in [4.78, 5) is 51.5. The van der Waals surface area contributed by atoms with Crippen molar-refractivity contribution in [3.05, 3.63) is 35.5 Å². The molecule has 5 aliphatic rings. The summed E-state index contributed by atoms with van der Waals surface area (Å²) < 4.78 is 41.5. The molecule has 15 heteroatoms. The zero-order valence-corrected chi connectivity index (χ0v) is 33.9. The van der Waals surface area contributed by atoms with Crippen LogP contribution in [0.4, 0.5) is 0 Å². The van der Waals surface area contributed by atoms with Crippen LogP contribution in [0.2, 0.25) is 0 Å². The van der Waals surface area contributed by atoms with Crippen LogP contribution in [0, 0.1) is 16.2 Å². The average Bonchev–Trinajstić information content (AvgIpc) is 3.44. The fraction of sp³-hybridized carbons (Fsp3) is 0.756. The molecule has 56 heavy (non-hydrogen) atoms. The van der Waals surface area contributed by atoms with Crippen LogP contribution >= 0.6 is 0 Å². The lowest BCUT2D eigenvalue weighted by Crippen LogP contribution is -2.62. The molecule has 0 amide bonds. The van der Waals surface area contributed by atoms with Gasteiger partial charge < -0.3 is 53.6 Å². The molecular formula is C41H60O15. The zero-order valence-electron chi connectivity index (χ0n) is 33.9. The number of carbonyl (C=O) groups excluding carboxylic acids is 4. The van der Waals surface area contributed by atoms with Gasteiger partial charge in [-0.05, 0) is 46.1 Å². The highest BCUT2D eigenvalue weighted by Gasteiger charge is 2.59. The maximum Gasteiger partial charge on any atom is 0.331 e. The highest BCUT2D eigenvalue weighted by molar-refractivity contribution is 5.86. The van der Waals surface area contributed by atoms with Gasteiger partial charge in [-0.25, -0.2) is 9.59 Å². The molecule has 314 valence electrons. The van der Waals surface area contributed by atoms with Crippen LogP contribution in [0.3, 0.4) is 0 Å². The van der Waals surface area contributed by atoms with E-state index < -0.39 is 113 Å². The van der Waals surface area contributed by atoms with Crippen molar-refractivity contribution < 1.29 is 72.8 Å². The first-order chi connectivity index (χ1) is 25.8. The number of aliphatic hydroxyl groups is 4. The molecule has 0 spiro atoms. The van der Waals surface area contributed by atoms with Gasteiger partial charge >= 0.3 is 23.9 Å². The molecule has 0 aromatic carbocycles. The molecule has 11 atom stereocenters. The predicted molar refractivity (Wildman–Crippen MR) is 197 cm³/mol. The van der Waals surface area contributed by atoms with Gasteiger partial charge in [0.05, 0.1) is 54.9 Å². The van der Waals surface area contributed by atoms with Gasteiger partial charge in [0, 0.05) is 49.7 Å². The Morgan fingerprint density at radius 2 is 1.66 bits per heavy atom. The van der Waals surface area contributed by atoms with Gasteiger partial charge in [0.25, 0.3) is 0 Å². The number of rotatable bonds is 3. The Morgan fingerprint density at radius 3 is 2.30 bits per heavy atom. The molecule has 0 aliphatic carbocycles. The first-order valence-electron chi connectivity index (χ1n) is 19.4. The van der Waals surface area contributed by atoms with E-state index >= 15 is 0 Å². The molecule has 3 saturated heterocycles. The van der Waals surface area contributed by atoms with E-state index in [0.29, 0.717) is 11.1 Å². The van der Waals surface area contributed by atoms with Gasteiger partial charge in [-0.3, -0.25) is 9.59 Å². The molecule has 0 radical (unpaired) electrons. The summed E-state index contributed by atoms with van der Waals surface area (Å²) in [5.74, 6) is -6.45. The van der Waals surface area contributed by atoms with Crippen LogP contribution in [-0.4, -0.2) is 118 Å². The largest absolute Gasteiger partial charge is 0.466 e. The third-order valence-electron chi connectivity index (χ3n) is 11.9. The van der Waals surface area contributed by atoms with Crippen LogP contribution in [0.1, 0.15) is 107 Å². The van der Waals surface area contributed by atoms with Crippen molar-refractivity contribution in [1.82, 2.24) is 0 Å². The van der Waals surface area contributed by atoms with Gasteiger partial charge in [0.1, 0.15) is 18.3 Å². The Hall–Kier alpha value is -3.18. The van der Waals surface area contributed by atoms with E-state index in [-0.39, 0.29) is 44.9 Å². The highest BCUT2D eigenvalue weighted by Crippen LogP contribution is 2.50. The first kappa shape index (κ1) is 43.9. The van der Waals surface area contributed by atoms with Crippen molar-refractivity contribution in [2.24, 2.45) is 16.2 Å². The molecule has 0 unspecified atom stereocenters. The van der Waals surface area contributed by atoms with Gasteiger partial charge in [0.15, 0.2) is 17.7 Å². The van der Waals surface area contributed by atoms with Crippen molar-refractivity contribution in [2.45, 2.75) is 173 Å².